The molecular weight excluding hydrogens is 356 g/mol. The lowest BCUT2D eigenvalue weighted by Crippen LogP contribution is -2.39. The van der Waals surface area contributed by atoms with Crippen LogP contribution in [0.3, 0.4) is 0 Å². The largest absolute Gasteiger partial charge is 0.493 e. The van der Waals surface area contributed by atoms with Crippen molar-refractivity contribution >= 4 is 16.9 Å². The number of benzene rings is 2. The standard InChI is InChI=1S/C21H24N4O3/c1-14-4-6-18-17(12-14)22-23-25(18)16-8-10-24(11-9-16)21(26)15-5-7-19(27-2)20(13-15)28-3/h4-7,12-13,16H,8-11H2,1-3H3. The van der Waals surface area contributed by atoms with E-state index in [0.717, 1.165) is 23.9 Å². The van der Waals surface area contributed by atoms with E-state index in [2.05, 4.69) is 35.4 Å². The summed E-state index contributed by atoms with van der Waals surface area (Å²) >= 11 is 0. The highest BCUT2D eigenvalue weighted by molar-refractivity contribution is 5.95. The third-order valence-corrected chi connectivity index (χ3v) is 5.35. The van der Waals surface area contributed by atoms with Crippen LogP contribution in [0.4, 0.5) is 0 Å². The quantitative estimate of drug-likeness (QED) is 0.695. The first-order valence-corrected chi connectivity index (χ1v) is 9.43. The molecule has 1 aliphatic heterocycles. The molecular formula is C21H24N4O3. The van der Waals surface area contributed by atoms with Crippen LogP contribution in [0.5, 0.6) is 11.5 Å². The van der Waals surface area contributed by atoms with Crippen LogP contribution < -0.4 is 9.47 Å². The number of aromatic nitrogens is 3. The van der Waals surface area contributed by atoms with Gasteiger partial charge in [0, 0.05) is 18.7 Å². The highest BCUT2D eigenvalue weighted by Gasteiger charge is 2.26. The summed E-state index contributed by atoms with van der Waals surface area (Å²) in [6.45, 7) is 3.42. The van der Waals surface area contributed by atoms with E-state index in [1.54, 1.807) is 32.4 Å². The molecule has 28 heavy (non-hydrogen) atoms. The Bertz CT molecular complexity index is 1010. The Hall–Kier alpha value is -3.09. The zero-order valence-electron chi connectivity index (χ0n) is 16.4. The van der Waals surface area contributed by atoms with Crippen LogP contribution in [0, 0.1) is 6.92 Å². The lowest BCUT2D eigenvalue weighted by molar-refractivity contribution is 0.0690. The number of aryl methyl sites for hydroxylation is 1. The average Bonchev–Trinajstić information content (AvgIpc) is 3.15. The fourth-order valence-corrected chi connectivity index (χ4v) is 3.79. The normalized spacial score (nSPS) is 15.0. The van der Waals surface area contributed by atoms with E-state index in [1.165, 1.54) is 5.56 Å². The molecule has 0 N–H and O–H groups in total. The zero-order valence-corrected chi connectivity index (χ0v) is 16.4. The van der Waals surface area contributed by atoms with Crippen molar-refractivity contribution in [2.24, 2.45) is 0 Å². The molecule has 1 aliphatic rings. The Balaban J connectivity index is 1.47. The summed E-state index contributed by atoms with van der Waals surface area (Å²) in [7, 11) is 3.15. The van der Waals surface area contributed by atoms with Crippen LogP contribution >= 0.6 is 0 Å². The molecule has 1 fully saturated rings. The highest BCUT2D eigenvalue weighted by atomic mass is 16.5. The molecule has 7 nitrogen and oxygen atoms in total. The number of hydrogen-bond donors (Lipinski definition) is 0. The van der Waals surface area contributed by atoms with Crippen molar-refractivity contribution in [2.75, 3.05) is 27.3 Å². The third-order valence-electron chi connectivity index (χ3n) is 5.35. The van der Waals surface area contributed by atoms with E-state index in [9.17, 15) is 4.79 Å². The Morgan fingerprint density at radius 2 is 1.79 bits per heavy atom. The van der Waals surface area contributed by atoms with Gasteiger partial charge < -0.3 is 14.4 Å². The summed E-state index contributed by atoms with van der Waals surface area (Å²) < 4.78 is 12.6. The first-order valence-electron chi connectivity index (χ1n) is 9.43. The van der Waals surface area contributed by atoms with Gasteiger partial charge in [0.1, 0.15) is 5.52 Å². The predicted molar refractivity (Wildman–Crippen MR) is 106 cm³/mol. The summed E-state index contributed by atoms with van der Waals surface area (Å²) in [4.78, 5) is 14.8. The van der Waals surface area contributed by atoms with Crippen molar-refractivity contribution in [3.8, 4) is 11.5 Å². The van der Waals surface area contributed by atoms with E-state index in [4.69, 9.17) is 9.47 Å². The van der Waals surface area contributed by atoms with E-state index in [0.29, 0.717) is 30.2 Å². The second kappa shape index (κ2) is 7.50. The number of ether oxygens (including phenoxy) is 2. The van der Waals surface area contributed by atoms with Crippen LogP contribution in [0.25, 0.3) is 11.0 Å². The number of nitrogens with zero attached hydrogens (tertiary/aromatic N) is 4. The Morgan fingerprint density at radius 1 is 1.04 bits per heavy atom. The average molecular weight is 380 g/mol. The maximum atomic E-state index is 12.9. The molecule has 1 saturated heterocycles. The Kier molecular flexibility index (Phi) is 4.90. The van der Waals surface area contributed by atoms with Gasteiger partial charge >= 0.3 is 0 Å². The van der Waals surface area contributed by atoms with E-state index in [1.807, 2.05) is 9.58 Å². The fraction of sp³-hybridized carbons (Fsp3) is 0.381. The second-order valence-corrected chi connectivity index (χ2v) is 7.12. The lowest BCUT2D eigenvalue weighted by atomic mass is 10.0. The van der Waals surface area contributed by atoms with Gasteiger partial charge in [0.15, 0.2) is 11.5 Å². The van der Waals surface area contributed by atoms with Gasteiger partial charge in [-0.1, -0.05) is 11.3 Å². The number of methoxy groups -OCH3 is 2. The summed E-state index contributed by atoms with van der Waals surface area (Å²) in [5, 5.41) is 8.66. The van der Waals surface area contributed by atoms with Gasteiger partial charge in [-0.3, -0.25) is 4.79 Å². The first kappa shape index (κ1) is 18.3. The number of likely N-dealkylation sites (tertiary alicyclic amines) is 1. The molecule has 0 unspecified atom stereocenters. The van der Waals surface area contributed by atoms with E-state index >= 15 is 0 Å². The first-order chi connectivity index (χ1) is 13.6. The number of carbonyl (C=O) groups is 1. The SMILES string of the molecule is COc1ccc(C(=O)N2CCC(n3nnc4cc(C)ccc43)CC2)cc1OC. The minimum atomic E-state index is 0.0125. The summed E-state index contributed by atoms with van der Waals surface area (Å²) in [6.07, 6.45) is 1.71. The lowest BCUT2D eigenvalue weighted by Gasteiger charge is -2.32. The Morgan fingerprint density at radius 3 is 2.50 bits per heavy atom. The van der Waals surface area contributed by atoms with Gasteiger partial charge in [-0.15, -0.1) is 5.10 Å². The summed E-state index contributed by atoms with van der Waals surface area (Å²) in [6, 6.07) is 11.7. The highest BCUT2D eigenvalue weighted by Crippen LogP contribution is 2.30. The summed E-state index contributed by atoms with van der Waals surface area (Å²) in [5.74, 6) is 1.19. The molecule has 4 rings (SSSR count). The molecule has 0 spiro atoms. The molecule has 2 aromatic carbocycles. The number of piperidine rings is 1. The van der Waals surface area contributed by atoms with Crippen LogP contribution in [0.2, 0.25) is 0 Å². The molecule has 7 heteroatoms. The number of amides is 1. The molecule has 0 aliphatic carbocycles. The predicted octanol–water partition coefficient (Wildman–Crippen LogP) is 3.23. The van der Waals surface area contributed by atoms with Gasteiger partial charge in [0.25, 0.3) is 5.91 Å². The van der Waals surface area contributed by atoms with Gasteiger partial charge in [0.2, 0.25) is 0 Å². The monoisotopic (exact) mass is 380 g/mol. The molecule has 1 amide bonds. The number of fused-ring (bicyclic) bond motifs is 1. The van der Waals surface area contributed by atoms with Gasteiger partial charge in [-0.05, 0) is 55.7 Å². The number of carbonyl (C=O) groups excluding carboxylic acids is 1. The third kappa shape index (κ3) is 3.28. The maximum absolute atomic E-state index is 12.9. The van der Waals surface area contributed by atoms with Crippen molar-refractivity contribution in [1.82, 2.24) is 19.9 Å². The Labute approximate surface area is 163 Å². The molecule has 0 bridgehead atoms. The molecule has 2 heterocycles. The minimum Gasteiger partial charge on any atom is -0.493 e. The molecule has 0 saturated carbocycles. The maximum Gasteiger partial charge on any atom is 0.253 e. The molecule has 3 aromatic rings. The molecule has 0 atom stereocenters. The number of rotatable bonds is 4. The van der Waals surface area contributed by atoms with Crippen molar-refractivity contribution in [1.29, 1.82) is 0 Å². The smallest absolute Gasteiger partial charge is 0.253 e. The van der Waals surface area contributed by atoms with Gasteiger partial charge in [-0.25, -0.2) is 4.68 Å². The second-order valence-electron chi connectivity index (χ2n) is 7.12. The fourth-order valence-electron chi connectivity index (χ4n) is 3.79. The van der Waals surface area contributed by atoms with Crippen LogP contribution in [0.1, 0.15) is 34.8 Å². The number of hydrogen-bond acceptors (Lipinski definition) is 5. The zero-order chi connectivity index (χ0) is 19.7. The topological polar surface area (TPSA) is 69.5 Å². The van der Waals surface area contributed by atoms with E-state index in [-0.39, 0.29) is 11.9 Å². The molecule has 0 radical (unpaired) electrons. The minimum absolute atomic E-state index is 0.0125. The van der Waals surface area contributed by atoms with Crippen LogP contribution in [-0.4, -0.2) is 53.1 Å². The van der Waals surface area contributed by atoms with Gasteiger partial charge in [-0.2, -0.15) is 0 Å². The molecule has 146 valence electrons. The van der Waals surface area contributed by atoms with Crippen molar-refractivity contribution < 1.29 is 14.3 Å². The van der Waals surface area contributed by atoms with Crippen LogP contribution in [-0.2, 0) is 0 Å². The van der Waals surface area contributed by atoms with Crippen molar-refractivity contribution in [2.45, 2.75) is 25.8 Å². The van der Waals surface area contributed by atoms with Gasteiger partial charge in [0.05, 0.1) is 25.8 Å². The van der Waals surface area contributed by atoms with Crippen molar-refractivity contribution in [3.63, 3.8) is 0 Å². The molecule has 1 aromatic heterocycles. The van der Waals surface area contributed by atoms with E-state index < -0.39 is 0 Å². The summed E-state index contributed by atoms with van der Waals surface area (Å²) in [5.41, 5.74) is 3.76. The van der Waals surface area contributed by atoms with Crippen LogP contribution in [0.15, 0.2) is 36.4 Å². The van der Waals surface area contributed by atoms with Crippen molar-refractivity contribution in [3.05, 3.63) is 47.5 Å².